The van der Waals surface area contributed by atoms with Gasteiger partial charge in [0.2, 0.25) is 16.8 Å². The average Bonchev–Trinajstić information content (AvgIpc) is 3.48. The number of hydrogen-bond donors (Lipinski definition) is 0. The van der Waals surface area contributed by atoms with Crippen molar-refractivity contribution in [3.8, 4) is 11.5 Å². The Kier molecular flexibility index (Phi) is 6.55. The molecule has 6 rings (SSSR count). The van der Waals surface area contributed by atoms with Gasteiger partial charge in [0.15, 0.2) is 11.5 Å². The molecular formula is C30H26N2O8S. The van der Waals surface area contributed by atoms with Crippen molar-refractivity contribution in [2.24, 2.45) is 0 Å². The average molecular weight is 575 g/mol. The molecule has 3 aromatic carbocycles. The van der Waals surface area contributed by atoms with Crippen molar-refractivity contribution in [2.45, 2.75) is 24.0 Å². The number of carbonyl (C=O) groups excluding carboxylic acids is 2. The SMILES string of the molecule is COC(=O)C1=C(C(=O)OC)N2C=Cc3ccccc3[C@@H]2N(S(=O)(=O)c2ccc(C)cc2)[C@@H]1c1cccc2c1OCO2. The minimum absolute atomic E-state index is 0.00978. The summed E-state index contributed by atoms with van der Waals surface area (Å²) in [5.74, 6) is -1.09. The number of para-hydroxylation sites is 1. The molecular weight excluding hydrogens is 548 g/mol. The fourth-order valence-electron chi connectivity index (χ4n) is 5.48. The summed E-state index contributed by atoms with van der Waals surface area (Å²) in [5, 5.41) is 0. The van der Waals surface area contributed by atoms with Crippen LogP contribution in [-0.2, 0) is 29.1 Å². The Morgan fingerprint density at radius 3 is 2.32 bits per heavy atom. The van der Waals surface area contributed by atoms with E-state index in [4.69, 9.17) is 18.9 Å². The van der Waals surface area contributed by atoms with Crippen LogP contribution >= 0.6 is 0 Å². The quantitative estimate of drug-likeness (QED) is 0.417. The van der Waals surface area contributed by atoms with Crippen LogP contribution in [0.2, 0.25) is 0 Å². The summed E-state index contributed by atoms with van der Waals surface area (Å²) >= 11 is 0. The van der Waals surface area contributed by atoms with Crippen molar-refractivity contribution < 1.29 is 37.0 Å². The van der Waals surface area contributed by atoms with Crippen molar-refractivity contribution in [1.82, 2.24) is 9.21 Å². The highest BCUT2D eigenvalue weighted by Gasteiger charge is 2.54. The second kappa shape index (κ2) is 10.1. The molecule has 11 heteroatoms. The van der Waals surface area contributed by atoms with Crippen LogP contribution in [0.4, 0.5) is 0 Å². The van der Waals surface area contributed by atoms with Crippen LogP contribution in [0.5, 0.6) is 11.5 Å². The van der Waals surface area contributed by atoms with Crippen molar-refractivity contribution in [3.05, 3.63) is 106 Å². The van der Waals surface area contributed by atoms with Gasteiger partial charge in [-0.15, -0.1) is 0 Å². The van der Waals surface area contributed by atoms with Gasteiger partial charge in [0.05, 0.1) is 30.7 Å². The Morgan fingerprint density at radius 2 is 1.59 bits per heavy atom. The zero-order chi connectivity index (χ0) is 28.9. The number of fused-ring (bicyclic) bond motifs is 4. The second-order valence-corrected chi connectivity index (χ2v) is 11.4. The lowest BCUT2D eigenvalue weighted by atomic mass is 9.89. The van der Waals surface area contributed by atoms with Crippen molar-refractivity contribution in [2.75, 3.05) is 21.0 Å². The van der Waals surface area contributed by atoms with Gasteiger partial charge in [-0.2, -0.15) is 4.31 Å². The highest BCUT2D eigenvalue weighted by Crippen LogP contribution is 2.54. The molecule has 0 spiro atoms. The van der Waals surface area contributed by atoms with E-state index < -0.39 is 34.2 Å². The molecule has 41 heavy (non-hydrogen) atoms. The first-order valence-electron chi connectivity index (χ1n) is 12.7. The van der Waals surface area contributed by atoms with E-state index in [1.54, 1.807) is 54.7 Å². The van der Waals surface area contributed by atoms with Crippen molar-refractivity contribution >= 4 is 28.0 Å². The summed E-state index contributed by atoms with van der Waals surface area (Å²) in [6, 6.07) is 17.3. The lowest BCUT2D eigenvalue weighted by Gasteiger charge is -2.49. The summed E-state index contributed by atoms with van der Waals surface area (Å²) in [4.78, 5) is 28.5. The summed E-state index contributed by atoms with van der Waals surface area (Å²) in [5.41, 5.74) is 2.17. The van der Waals surface area contributed by atoms with Crippen LogP contribution in [-0.4, -0.2) is 50.6 Å². The summed E-state index contributed by atoms with van der Waals surface area (Å²) in [6.45, 7) is 1.77. The Hall–Kier alpha value is -4.61. The first-order chi connectivity index (χ1) is 19.8. The van der Waals surface area contributed by atoms with Gasteiger partial charge >= 0.3 is 11.9 Å². The molecule has 210 valence electrons. The minimum Gasteiger partial charge on any atom is -0.466 e. The molecule has 0 aliphatic carbocycles. The molecule has 0 amide bonds. The maximum atomic E-state index is 14.8. The Morgan fingerprint density at radius 1 is 0.878 bits per heavy atom. The van der Waals surface area contributed by atoms with Gasteiger partial charge in [-0.1, -0.05) is 54.1 Å². The lowest BCUT2D eigenvalue weighted by molar-refractivity contribution is -0.143. The van der Waals surface area contributed by atoms with Crippen LogP contribution in [0.3, 0.4) is 0 Å². The molecule has 2 atom stereocenters. The smallest absolute Gasteiger partial charge is 0.355 e. The van der Waals surface area contributed by atoms with Crippen LogP contribution in [0.1, 0.15) is 34.5 Å². The molecule has 10 nitrogen and oxygen atoms in total. The number of hydrogen-bond acceptors (Lipinski definition) is 9. The van der Waals surface area contributed by atoms with Gasteiger partial charge in [-0.25, -0.2) is 18.0 Å². The van der Waals surface area contributed by atoms with Crippen LogP contribution in [0, 0.1) is 6.92 Å². The van der Waals surface area contributed by atoms with Crippen molar-refractivity contribution in [3.63, 3.8) is 0 Å². The molecule has 0 unspecified atom stereocenters. The van der Waals surface area contributed by atoms with Gasteiger partial charge < -0.3 is 23.8 Å². The van der Waals surface area contributed by atoms with Crippen LogP contribution < -0.4 is 9.47 Å². The maximum absolute atomic E-state index is 14.8. The van der Waals surface area contributed by atoms with E-state index in [0.717, 1.165) is 11.1 Å². The molecule has 0 saturated heterocycles. The normalized spacial score (nSPS) is 19.4. The molecule has 3 aliphatic rings. The van der Waals surface area contributed by atoms with Crippen LogP contribution in [0.15, 0.2) is 89.1 Å². The van der Waals surface area contributed by atoms with E-state index in [1.807, 2.05) is 19.1 Å². The molecule has 0 saturated carbocycles. The molecule has 3 aromatic rings. The zero-order valence-corrected chi connectivity index (χ0v) is 23.3. The number of sulfonamides is 1. The fourth-order valence-corrected chi connectivity index (χ4v) is 7.17. The summed E-state index contributed by atoms with van der Waals surface area (Å²) in [6.07, 6.45) is 2.25. The first-order valence-corrected chi connectivity index (χ1v) is 14.2. The molecule has 0 bridgehead atoms. The largest absolute Gasteiger partial charge is 0.466 e. The van der Waals surface area contributed by atoms with E-state index >= 15 is 0 Å². The lowest BCUT2D eigenvalue weighted by Crippen LogP contribution is -2.52. The highest BCUT2D eigenvalue weighted by atomic mass is 32.2. The van der Waals surface area contributed by atoms with E-state index in [1.165, 1.54) is 35.6 Å². The van der Waals surface area contributed by atoms with Gasteiger partial charge in [-0.3, -0.25) is 0 Å². The van der Waals surface area contributed by atoms with E-state index in [0.29, 0.717) is 16.9 Å². The predicted molar refractivity (Wildman–Crippen MR) is 147 cm³/mol. The number of esters is 2. The van der Waals surface area contributed by atoms with E-state index in [2.05, 4.69) is 0 Å². The number of ether oxygens (including phenoxy) is 4. The Labute approximate surface area is 237 Å². The molecule has 0 radical (unpaired) electrons. The molecule has 0 fully saturated rings. The van der Waals surface area contributed by atoms with E-state index in [9.17, 15) is 18.0 Å². The number of nitrogens with zero attached hydrogens (tertiary/aromatic N) is 2. The third kappa shape index (κ3) is 4.16. The van der Waals surface area contributed by atoms with Gasteiger partial charge in [0, 0.05) is 11.8 Å². The Bertz CT molecular complexity index is 1730. The second-order valence-electron chi connectivity index (χ2n) is 9.60. The zero-order valence-electron chi connectivity index (χ0n) is 22.4. The number of benzene rings is 3. The minimum atomic E-state index is -4.37. The molecule has 0 N–H and O–H groups in total. The monoisotopic (exact) mass is 574 g/mol. The van der Waals surface area contributed by atoms with Crippen LogP contribution in [0.25, 0.3) is 6.08 Å². The summed E-state index contributed by atoms with van der Waals surface area (Å²) in [7, 11) is -2.00. The number of rotatable bonds is 5. The standard InChI is InChI=1S/C30H26N2O8S/c1-18-11-13-20(14-12-18)41(35,36)32-25(22-9-6-10-23-27(22)40-17-39-23)24(29(33)37-2)26(30(34)38-3)31-16-15-19-7-4-5-8-21(19)28(31)32/h4-16,25,28H,17H2,1-3H3/t25-,28+/m1/s1. The predicted octanol–water partition coefficient (Wildman–Crippen LogP) is 4.05. The molecule has 0 aromatic heterocycles. The highest BCUT2D eigenvalue weighted by molar-refractivity contribution is 7.89. The fraction of sp³-hybridized carbons (Fsp3) is 0.200. The third-order valence-electron chi connectivity index (χ3n) is 7.34. The van der Waals surface area contributed by atoms with Crippen molar-refractivity contribution in [1.29, 1.82) is 0 Å². The molecule has 3 heterocycles. The topological polar surface area (TPSA) is 112 Å². The number of aryl methyl sites for hydroxylation is 1. The summed E-state index contributed by atoms with van der Waals surface area (Å²) < 4.78 is 52.5. The number of methoxy groups -OCH3 is 2. The molecule has 3 aliphatic heterocycles. The third-order valence-corrected chi connectivity index (χ3v) is 9.17. The van der Waals surface area contributed by atoms with Gasteiger partial charge in [0.25, 0.3) is 0 Å². The first kappa shape index (κ1) is 26.6. The number of carbonyl (C=O) groups is 2. The van der Waals surface area contributed by atoms with Gasteiger partial charge in [0.1, 0.15) is 11.9 Å². The van der Waals surface area contributed by atoms with Gasteiger partial charge in [-0.05, 0) is 42.3 Å². The maximum Gasteiger partial charge on any atom is 0.355 e. The Balaban J connectivity index is 1.74. The van der Waals surface area contributed by atoms with E-state index in [-0.39, 0.29) is 28.7 Å².